The molecule has 1 aliphatic rings. The molecule has 1 aliphatic heterocycles. The summed E-state index contributed by atoms with van der Waals surface area (Å²) in [4.78, 5) is 2.32. The minimum atomic E-state index is -0.423. The minimum Gasteiger partial charge on any atom is -0.390 e. The van der Waals surface area contributed by atoms with Crippen molar-refractivity contribution in [3.8, 4) is 5.69 Å². The topological polar surface area (TPSA) is 46.2 Å². The van der Waals surface area contributed by atoms with E-state index in [2.05, 4.69) is 34.3 Å². The van der Waals surface area contributed by atoms with Gasteiger partial charge in [-0.15, -0.1) is 0 Å². The van der Waals surface area contributed by atoms with Crippen LogP contribution in [0.5, 0.6) is 0 Å². The predicted octanol–water partition coefficient (Wildman–Crippen LogP) is 2.09. The van der Waals surface area contributed by atoms with Crippen molar-refractivity contribution in [3.05, 3.63) is 72.3 Å². The van der Waals surface area contributed by atoms with E-state index >= 15 is 0 Å². The number of rotatable bonds is 5. The Kier molecular flexibility index (Phi) is 4.19. The van der Waals surface area contributed by atoms with Gasteiger partial charge in [-0.3, -0.25) is 9.58 Å². The van der Waals surface area contributed by atoms with Crippen LogP contribution in [0.25, 0.3) is 5.69 Å². The summed E-state index contributed by atoms with van der Waals surface area (Å²) in [5, 5.41) is 14.8. The molecule has 0 amide bonds. The van der Waals surface area contributed by atoms with E-state index in [1.807, 2.05) is 46.2 Å². The third-order valence-corrected chi connectivity index (χ3v) is 4.60. The monoisotopic (exact) mass is 322 g/mol. The molecule has 2 aromatic heterocycles. The van der Waals surface area contributed by atoms with Crippen LogP contribution in [0.4, 0.5) is 0 Å². The zero-order valence-electron chi connectivity index (χ0n) is 13.6. The number of benzene rings is 1. The zero-order chi connectivity index (χ0) is 16.4. The maximum absolute atomic E-state index is 10.4. The van der Waals surface area contributed by atoms with Crippen molar-refractivity contribution in [1.82, 2.24) is 19.2 Å². The molecule has 3 heterocycles. The van der Waals surface area contributed by atoms with Gasteiger partial charge in [0.05, 0.1) is 24.5 Å². The first-order valence-corrected chi connectivity index (χ1v) is 8.41. The SMILES string of the molecule is O[C@@H](CN1CCc2ccccc2C1)Cn1cc(-n2cccc2)cn1. The molecule has 4 rings (SSSR count). The second-order valence-electron chi connectivity index (χ2n) is 6.42. The lowest BCUT2D eigenvalue weighted by Gasteiger charge is -2.30. The summed E-state index contributed by atoms with van der Waals surface area (Å²) in [6, 6.07) is 12.6. The van der Waals surface area contributed by atoms with Crippen LogP contribution >= 0.6 is 0 Å². The lowest BCUT2D eigenvalue weighted by molar-refractivity contribution is 0.0889. The molecule has 24 heavy (non-hydrogen) atoms. The van der Waals surface area contributed by atoms with Crippen LogP contribution in [0.3, 0.4) is 0 Å². The van der Waals surface area contributed by atoms with Crippen LogP contribution in [-0.2, 0) is 19.5 Å². The predicted molar refractivity (Wildman–Crippen MR) is 93.0 cm³/mol. The summed E-state index contributed by atoms with van der Waals surface area (Å²) in [6.07, 6.45) is 8.40. The number of aromatic nitrogens is 3. The van der Waals surface area contributed by atoms with Crippen molar-refractivity contribution < 1.29 is 5.11 Å². The Morgan fingerprint density at radius 1 is 1.04 bits per heavy atom. The average Bonchev–Trinajstić information content (AvgIpc) is 3.26. The van der Waals surface area contributed by atoms with Gasteiger partial charge in [-0.05, 0) is 29.7 Å². The van der Waals surface area contributed by atoms with Crippen LogP contribution in [0.15, 0.2) is 61.2 Å². The number of nitrogens with zero attached hydrogens (tertiary/aromatic N) is 4. The molecule has 1 N–H and O–H groups in total. The molecule has 5 nitrogen and oxygen atoms in total. The third-order valence-electron chi connectivity index (χ3n) is 4.60. The van der Waals surface area contributed by atoms with Gasteiger partial charge < -0.3 is 9.67 Å². The van der Waals surface area contributed by atoms with Crippen molar-refractivity contribution in [2.24, 2.45) is 0 Å². The van der Waals surface area contributed by atoms with Crippen molar-refractivity contribution in [2.75, 3.05) is 13.1 Å². The first kappa shape index (κ1) is 15.2. The molecule has 0 saturated heterocycles. The number of aliphatic hydroxyl groups excluding tert-OH is 1. The van der Waals surface area contributed by atoms with Gasteiger partial charge in [0.25, 0.3) is 0 Å². The molecule has 0 fully saturated rings. The van der Waals surface area contributed by atoms with Gasteiger partial charge in [0, 0.05) is 38.2 Å². The van der Waals surface area contributed by atoms with Crippen LogP contribution in [-0.4, -0.2) is 43.5 Å². The van der Waals surface area contributed by atoms with E-state index in [4.69, 9.17) is 0 Å². The summed E-state index contributed by atoms with van der Waals surface area (Å²) >= 11 is 0. The highest BCUT2D eigenvalue weighted by Crippen LogP contribution is 2.18. The zero-order valence-corrected chi connectivity index (χ0v) is 13.6. The standard InChI is InChI=1S/C19H22N4O/c24-19(14-21-10-7-16-5-1-2-6-17(16)12-21)15-23-13-18(11-20-23)22-8-3-4-9-22/h1-6,8-9,11,13,19,24H,7,10,12,14-15H2/t19-/m0/s1. The molecule has 1 atom stereocenters. The lowest BCUT2D eigenvalue weighted by atomic mass is 10.00. The van der Waals surface area contributed by atoms with E-state index in [0.29, 0.717) is 13.1 Å². The van der Waals surface area contributed by atoms with Gasteiger partial charge >= 0.3 is 0 Å². The fourth-order valence-corrected chi connectivity index (χ4v) is 3.37. The Balaban J connectivity index is 1.35. The summed E-state index contributed by atoms with van der Waals surface area (Å²) in [6.45, 7) is 3.11. The number of hydrogen-bond donors (Lipinski definition) is 1. The first-order chi connectivity index (χ1) is 11.8. The lowest BCUT2D eigenvalue weighted by Crippen LogP contribution is -2.38. The van der Waals surface area contributed by atoms with E-state index in [-0.39, 0.29) is 0 Å². The number of fused-ring (bicyclic) bond motifs is 1. The van der Waals surface area contributed by atoms with E-state index in [0.717, 1.165) is 25.2 Å². The van der Waals surface area contributed by atoms with Crippen molar-refractivity contribution in [3.63, 3.8) is 0 Å². The highest BCUT2D eigenvalue weighted by Gasteiger charge is 2.18. The van der Waals surface area contributed by atoms with Crippen LogP contribution in [0.2, 0.25) is 0 Å². The van der Waals surface area contributed by atoms with E-state index < -0.39 is 6.10 Å². The number of β-amino-alcohol motifs (C(OH)–C–C–N with tert-alkyl or cyclic N) is 1. The Bertz CT molecular complexity index is 793. The number of aliphatic hydroxyl groups is 1. The van der Waals surface area contributed by atoms with Crippen molar-refractivity contribution >= 4 is 0 Å². The Labute approximate surface area is 141 Å². The van der Waals surface area contributed by atoms with E-state index in [1.54, 1.807) is 0 Å². The normalized spacial score (nSPS) is 16.0. The van der Waals surface area contributed by atoms with Crippen molar-refractivity contribution in [1.29, 1.82) is 0 Å². The second-order valence-corrected chi connectivity index (χ2v) is 6.42. The molecule has 1 aromatic carbocycles. The van der Waals surface area contributed by atoms with Gasteiger partial charge in [0.2, 0.25) is 0 Å². The molecule has 0 spiro atoms. The molecule has 0 radical (unpaired) electrons. The Morgan fingerprint density at radius 2 is 1.83 bits per heavy atom. The molecule has 5 heteroatoms. The van der Waals surface area contributed by atoms with Crippen LogP contribution < -0.4 is 0 Å². The molecule has 0 saturated carbocycles. The average molecular weight is 322 g/mol. The molecule has 0 unspecified atom stereocenters. The largest absolute Gasteiger partial charge is 0.390 e. The van der Waals surface area contributed by atoms with Crippen LogP contribution in [0.1, 0.15) is 11.1 Å². The third kappa shape index (κ3) is 3.27. The smallest absolute Gasteiger partial charge is 0.0862 e. The van der Waals surface area contributed by atoms with Gasteiger partial charge in [-0.25, -0.2) is 0 Å². The van der Waals surface area contributed by atoms with Gasteiger partial charge in [-0.1, -0.05) is 24.3 Å². The molecule has 0 aliphatic carbocycles. The van der Waals surface area contributed by atoms with Crippen LogP contribution in [0, 0.1) is 0 Å². The van der Waals surface area contributed by atoms with Gasteiger partial charge in [-0.2, -0.15) is 5.10 Å². The Morgan fingerprint density at radius 3 is 2.67 bits per heavy atom. The maximum Gasteiger partial charge on any atom is 0.0862 e. The number of hydrogen-bond acceptors (Lipinski definition) is 3. The highest BCUT2D eigenvalue weighted by atomic mass is 16.3. The molecule has 3 aromatic rings. The summed E-state index contributed by atoms with van der Waals surface area (Å²) < 4.78 is 3.83. The minimum absolute atomic E-state index is 0.423. The molecule has 0 bridgehead atoms. The summed E-state index contributed by atoms with van der Waals surface area (Å²) in [7, 11) is 0. The molecular weight excluding hydrogens is 300 g/mol. The van der Waals surface area contributed by atoms with Gasteiger partial charge in [0.15, 0.2) is 0 Å². The second kappa shape index (κ2) is 6.63. The van der Waals surface area contributed by atoms with E-state index in [1.165, 1.54) is 11.1 Å². The fraction of sp³-hybridized carbons (Fsp3) is 0.316. The van der Waals surface area contributed by atoms with E-state index in [9.17, 15) is 5.11 Å². The van der Waals surface area contributed by atoms with Gasteiger partial charge in [0.1, 0.15) is 0 Å². The first-order valence-electron chi connectivity index (χ1n) is 8.41. The summed E-state index contributed by atoms with van der Waals surface area (Å²) in [5.74, 6) is 0. The molecule has 124 valence electrons. The highest BCUT2D eigenvalue weighted by molar-refractivity contribution is 5.29. The molecular formula is C19H22N4O. The maximum atomic E-state index is 10.4. The van der Waals surface area contributed by atoms with Crippen molar-refractivity contribution in [2.45, 2.75) is 25.6 Å². The fourth-order valence-electron chi connectivity index (χ4n) is 3.37. The Hall–Kier alpha value is -2.37. The summed E-state index contributed by atoms with van der Waals surface area (Å²) in [5.41, 5.74) is 3.83. The quantitative estimate of drug-likeness (QED) is 0.782.